The van der Waals surface area contributed by atoms with Gasteiger partial charge in [-0.15, -0.1) is 0 Å². The van der Waals surface area contributed by atoms with Crippen molar-refractivity contribution in [1.29, 1.82) is 0 Å². The van der Waals surface area contributed by atoms with Crippen molar-refractivity contribution >= 4 is 0 Å². The predicted molar refractivity (Wildman–Crippen MR) is 64.4 cm³/mol. The molecule has 1 aliphatic carbocycles. The van der Waals surface area contributed by atoms with Gasteiger partial charge in [-0.2, -0.15) is 0 Å². The molecule has 0 spiro atoms. The summed E-state index contributed by atoms with van der Waals surface area (Å²) in [6, 6.07) is 4.72. The van der Waals surface area contributed by atoms with Crippen LogP contribution in [0.25, 0.3) is 0 Å². The lowest BCUT2D eigenvalue weighted by Crippen LogP contribution is -2.50. The van der Waals surface area contributed by atoms with Crippen molar-refractivity contribution in [3.05, 3.63) is 35.1 Å². The summed E-state index contributed by atoms with van der Waals surface area (Å²) >= 11 is 0. The van der Waals surface area contributed by atoms with E-state index >= 15 is 0 Å². The Morgan fingerprint density at radius 1 is 1.47 bits per heavy atom. The number of aryl methyl sites for hydroxylation is 1. The molecule has 0 saturated heterocycles. The summed E-state index contributed by atoms with van der Waals surface area (Å²) in [4.78, 5) is 0. The zero-order chi connectivity index (χ0) is 12.5. The van der Waals surface area contributed by atoms with Crippen molar-refractivity contribution in [2.75, 3.05) is 6.61 Å². The Hall–Kier alpha value is -0.930. The quantitative estimate of drug-likeness (QED) is 0.873. The van der Waals surface area contributed by atoms with Crippen molar-refractivity contribution in [3.63, 3.8) is 0 Å². The average Bonchev–Trinajstić information content (AvgIpc) is 2.22. The molecule has 0 heterocycles. The maximum atomic E-state index is 13.1. The Labute approximate surface area is 101 Å². The Kier molecular flexibility index (Phi) is 3.50. The number of halogens is 1. The van der Waals surface area contributed by atoms with Crippen molar-refractivity contribution in [1.82, 2.24) is 0 Å². The molecule has 0 radical (unpaired) electrons. The molecule has 0 atom stereocenters. The van der Waals surface area contributed by atoms with Gasteiger partial charge in [0, 0.05) is 25.9 Å². The van der Waals surface area contributed by atoms with Crippen LogP contribution in [0.5, 0.6) is 0 Å². The van der Waals surface area contributed by atoms with Gasteiger partial charge in [0.25, 0.3) is 0 Å². The van der Waals surface area contributed by atoms with Gasteiger partial charge in [0.2, 0.25) is 0 Å². The van der Waals surface area contributed by atoms with Crippen LogP contribution < -0.4 is 0 Å². The van der Waals surface area contributed by atoms with Gasteiger partial charge in [-0.05, 0) is 37.1 Å². The second kappa shape index (κ2) is 4.75. The lowest BCUT2D eigenvalue weighted by atomic mass is 9.73. The summed E-state index contributed by atoms with van der Waals surface area (Å²) in [5.41, 5.74) is 1.21. The fraction of sp³-hybridized carbons (Fsp3) is 0.571. The highest BCUT2D eigenvalue weighted by Gasteiger charge is 2.43. The molecule has 0 aliphatic heterocycles. The first-order chi connectivity index (χ1) is 8.02. The summed E-state index contributed by atoms with van der Waals surface area (Å²) in [5.74, 6) is -0.241. The first-order valence-electron chi connectivity index (χ1n) is 6.11. The van der Waals surface area contributed by atoms with Crippen LogP contribution in [-0.2, 0) is 11.2 Å². The van der Waals surface area contributed by atoms with Crippen molar-refractivity contribution in [2.24, 2.45) is 0 Å². The lowest BCUT2D eigenvalue weighted by molar-refractivity contribution is -0.136. The summed E-state index contributed by atoms with van der Waals surface area (Å²) < 4.78 is 18.6. The molecule has 17 heavy (non-hydrogen) atoms. The molecule has 0 amide bonds. The first-order valence-corrected chi connectivity index (χ1v) is 6.11. The largest absolute Gasteiger partial charge is 0.389 e. The highest BCUT2D eigenvalue weighted by molar-refractivity contribution is 5.28. The van der Waals surface area contributed by atoms with Gasteiger partial charge in [0.05, 0.1) is 11.7 Å². The molecule has 1 fully saturated rings. The number of benzene rings is 1. The predicted octanol–water partition coefficient (Wildman–Crippen LogP) is 2.61. The van der Waals surface area contributed by atoms with Crippen LogP contribution >= 0.6 is 0 Å². The molecular formula is C14H19FO2. The van der Waals surface area contributed by atoms with E-state index in [-0.39, 0.29) is 11.9 Å². The van der Waals surface area contributed by atoms with E-state index in [1.54, 1.807) is 6.07 Å². The Balaban J connectivity index is 2.00. The standard InChI is InChI=1S/C14H19FO2/c1-3-17-13-8-14(16,9-13)7-11-6-12(15)5-4-10(11)2/h4-6,13,16H,3,7-9H2,1-2H3. The highest BCUT2D eigenvalue weighted by atomic mass is 19.1. The molecule has 0 aromatic heterocycles. The van der Waals surface area contributed by atoms with E-state index in [1.807, 2.05) is 13.8 Å². The molecule has 0 bridgehead atoms. The second-order valence-electron chi connectivity index (χ2n) is 4.96. The van der Waals surface area contributed by atoms with Crippen LogP contribution in [0.3, 0.4) is 0 Å². The maximum absolute atomic E-state index is 13.1. The summed E-state index contributed by atoms with van der Waals surface area (Å²) in [6.07, 6.45) is 1.98. The van der Waals surface area contributed by atoms with Gasteiger partial charge in [0.15, 0.2) is 0 Å². The van der Waals surface area contributed by atoms with Gasteiger partial charge in [-0.25, -0.2) is 4.39 Å². The molecule has 1 aliphatic rings. The second-order valence-corrected chi connectivity index (χ2v) is 4.96. The minimum Gasteiger partial charge on any atom is -0.389 e. The Morgan fingerprint density at radius 2 is 2.18 bits per heavy atom. The van der Waals surface area contributed by atoms with E-state index in [0.717, 1.165) is 11.1 Å². The van der Waals surface area contributed by atoms with E-state index in [0.29, 0.717) is 25.9 Å². The van der Waals surface area contributed by atoms with Gasteiger partial charge in [-0.1, -0.05) is 6.07 Å². The van der Waals surface area contributed by atoms with E-state index in [9.17, 15) is 9.50 Å². The van der Waals surface area contributed by atoms with Crippen LogP contribution in [0.1, 0.15) is 30.9 Å². The molecular weight excluding hydrogens is 219 g/mol. The molecule has 1 saturated carbocycles. The Morgan fingerprint density at radius 3 is 2.82 bits per heavy atom. The topological polar surface area (TPSA) is 29.5 Å². The third kappa shape index (κ3) is 2.85. The van der Waals surface area contributed by atoms with Crippen LogP contribution in [0.4, 0.5) is 4.39 Å². The van der Waals surface area contributed by atoms with Crippen LogP contribution in [0, 0.1) is 12.7 Å². The average molecular weight is 238 g/mol. The van der Waals surface area contributed by atoms with E-state index in [1.165, 1.54) is 12.1 Å². The molecule has 94 valence electrons. The molecule has 0 unspecified atom stereocenters. The summed E-state index contributed by atoms with van der Waals surface area (Å²) in [5, 5.41) is 10.3. The van der Waals surface area contributed by atoms with E-state index < -0.39 is 5.60 Å². The first kappa shape index (κ1) is 12.5. The third-order valence-corrected chi connectivity index (χ3v) is 3.45. The minimum absolute atomic E-state index is 0.166. The summed E-state index contributed by atoms with van der Waals surface area (Å²) in [6.45, 7) is 4.57. The SMILES string of the molecule is CCOC1CC(O)(Cc2cc(F)ccc2C)C1. The van der Waals surface area contributed by atoms with Gasteiger partial charge >= 0.3 is 0 Å². The smallest absolute Gasteiger partial charge is 0.123 e. The molecule has 1 N–H and O–H groups in total. The number of hydrogen-bond donors (Lipinski definition) is 1. The number of rotatable bonds is 4. The Bertz CT molecular complexity index is 397. The van der Waals surface area contributed by atoms with Crippen molar-refractivity contribution < 1.29 is 14.2 Å². The highest BCUT2D eigenvalue weighted by Crippen LogP contribution is 2.37. The third-order valence-electron chi connectivity index (χ3n) is 3.45. The van der Waals surface area contributed by atoms with Crippen molar-refractivity contribution in [3.8, 4) is 0 Å². The fourth-order valence-electron chi connectivity index (χ4n) is 2.47. The van der Waals surface area contributed by atoms with Crippen molar-refractivity contribution in [2.45, 2.75) is 44.8 Å². The lowest BCUT2D eigenvalue weighted by Gasteiger charge is -2.43. The number of hydrogen-bond acceptors (Lipinski definition) is 2. The monoisotopic (exact) mass is 238 g/mol. The molecule has 2 rings (SSSR count). The zero-order valence-corrected chi connectivity index (χ0v) is 10.4. The van der Waals surface area contributed by atoms with Crippen LogP contribution in [0.15, 0.2) is 18.2 Å². The zero-order valence-electron chi connectivity index (χ0n) is 10.4. The van der Waals surface area contributed by atoms with Gasteiger partial charge in [0.1, 0.15) is 5.82 Å². The van der Waals surface area contributed by atoms with E-state index in [2.05, 4.69) is 0 Å². The van der Waals surface area contributed by atoms with Gasteiger partial charge < -0.3 is 9.84 Å². The molecule has 1 aromatic rings. The fourth-order valence-corrected chi connectivity index (χ4v) is 2.47. The molecule has 3 heteroatoms. The van der Waals surface area contributed by atoms with Crippen LogP contribution in [-0.4, -0.2) is 23.4 Å². The van der Waals surface area contributed by atoms with E-state index in [4.69, 9.17) is 4.74 Å². The van der Waals surface area contributed by atoms with Crippen LogP contribution in [0.2, 0.25) is 0 Å². The molecule has 2 nitrogen and oxygen atoms in total. The number of ether oxygens (including phenoxy) is 1. The normalized spacial score (nSPS) is 27.9. The minimum atomic E-state index is -0.710. The maximum Gasteiger partial charge on any atom is 0.123 e. The molecule has 1 aromatic carbocycles. The summed E-state index contributed by atoms with van der Waals surface area (Å²) in [7, 11) is 0. The number of aliphatic hydroxyl groups is 1. The van der Waals surface area contributed by atoms with Gasteiger partial charge in [-0.3, -0.25) is 0 Å².